The molecule has 0 unspecified atom stereocenters. The van der Waals surface area contributed by atoms with E-state index in [0.29, 0.717) is 13.0 Å². The van der Waals surface area contributed by atoms with Crippen LogP contribution in [0, 0.1) is 0 Å². The molecule has 1 aliphatic carbocycles. The highest BCUT2D eigenvalue weighted by atomic mass is 16.5. The molecule has 0 radical (unpaired) electrons. The number of nitrogens with two attached hydrogens (primary N) is 1. The lowest BCUT2D eigenvalue weighted by atomic mass is 9.79. The van der Waals surface area contributed by atoms with E-state index in [9.17, 15) is 4.79 Å². The van der Waals surface area contributed by atoms with Crippen LogP contribution in [0.5, 0.6) is 0 Å². The summed E-state index contributed by atoms with van der Waals surface area (Å²) in [5.74, 6) is 0.147. The highest BCUT2D eigenvalue weighted by Crippen LogP contribution is 2.33. The van der Waals surface area contributed by atoms with Crippen molar-refractivity contribution in [2.24, 2.45) is 5.73 Å². The summed E-state index contributed by atoms with van der Waals surface area (Å²) in [6.07, 6.45) is 7.60. The van der Waals surface area contributed by atoms with Gasteiger partial charge in [-0.25, -0.2) is 0 Å². The fourth-order valence-electron chi connectivity index (χ4n) is 3.47. The van der Waals surface area contributed by atoms with Gasteiger partial charge in [0.15, 0.2) is 0 Å². The molecular formula is C15H29N3O2. The van der Waals surface area contributed by atoms with Gasteiger partial charge in [-0.1, -0.05) is 19.3 Å². The molecule has 116 valence electrons. The third kappa shape index (κ3) is 4.17. The minimum absolute atomic E-state index is 0.147. The molecule has 0 bridgehead atoms. The molecule has 1 amide bonds. The largest absolute Gasteiger partial charge is 0.379 e. The molecule has 1 saturated heterocycles. The summed E-state index contributed by atoms with van der Waals surface area (Å²) in [7, 11) is 0. The number of nitrogens with zero attached hydrogens (tertiary/aromatic N) is 1. The summed E-state index contributed by atoms with van der Waals surface area (Å²) in [5.41, 5.74) is 5.62. The molecule has 0 aromatic rings. The molecule has 2 rings (SSSR count). The van der Waals surface area contributed by atoms with Crippen LogP contribution in [0.4, 0.5) is 0 Å². The van der Waals surface area contributed by atoms with Crippen molar-refractivity contribution in [2.75, 3.05) is 39.4 Å². The maximum atomic E-state index is 11.9. The average molecular weight is 283 g/mol. The fraction of sp³-hybridized carbons (Fsp3) is 0.933. The first kappa shape index (κ1) is 15.7. The molecule has 5 heteroatoms. The molecule has 0 aromatic carbocycles. The summed E-state index contributed by atoms with van der Waals surface area (Å²) < 4.78 is 5.47. The predicted octanol–water partition coefficient (Wildman–Crippen LogP) is 0.877. The van der Waals surface area contributed by atoms with Crippen molar-refractivity contribution < 1.29 is 9.53 Å². The van der Waals surface area contributed by atoms with Crippen molar-refractivity contribution in [3.63, 3.8) is 0 Å². The van der Waals surface area contributed by atoms with Crippen molar-refractivity contribution in [1.29, 1.82) is 0 Å². The zero-order chi connectivity index (χ0) is 14.3. The highest BCUT2D eigenvalue weighted by molar-refractivity contribution is 5.75. The maximum Gasteiger partial charge on any atom is 0.220 e. The van der Waals surface area contributed by atoms with Gasteiger partial charge in [-0.3, -0.25) is 9.69 Å². The molecule has 0 spiro atoms. The minimum atomic E-state index is 0.147. The number of carbonyl (C=O) groups excluding carboxylic acids is 1. The number of hydrogen-bond donors (Lipinski definition) is 2. The van der Waals surface area contributed by atoms with Crippen LogP contribution in [0.15, 0.2) is 0 Å². The molecule has 0 atom stereocenters. The van der Waals surface area contributed by atoms with Crippen LogP contribution in [0.2, 0.25) is 0 Å². The van der Waals surface area contributed by atoms with Crippen LogP contribution in [0.1, 0.15) is 44.9 Å². The second-order valence-electron chi connectivity index (χ2n) is 6.05. The van der Waals surface area contributed by atoms with E-state index in [1.54, 1.807) is 0 Å². The molecule has 2 aliphatic rings. The van der Waals surface area contributed by atoms with Gasteiger partial charge in [-0.2, -0.15) is 0 Å². The van der Waals surface area contributed by atoms with Crippen molar-refractivity contribution in [3.05, 3.63) is 0 Å². The maximum absolute atomic E-state index is 11.9. The molecule has 20 heavy (non-hydrogen) atoms. The van der Waals surface area contributed by atoms with Gasteiger partial charge in [0, 0.05) is 31.6 Å². The zero-order valence-electron chi connectivity index (χ0n) is 12.5. The Labute approximate surface area is 122 Å². The Morgan fingerprint density at radius 1 is 1.20 bits per heavy atom. The Bertz CT molecular complexity index is 297. The Hall–Kier alpha value is -0.650. The second kappa shape index (κ2) is 7.96. The fourth-order valence-corrected chi connectivity index (χ4v) is 3.47. The van der Waals surface area contributed by atoms with Gasteiger partial charge >= 0.3 is 0 Å². The monoisotopic (exact) mass is 283 g/mol. The summed E-state index contributed by atoms with van der Waals surface area (Å²) in [6.45, 7) is 5.02. The number of morpholine rings is 1. The lowest BCUT2D eigenvalue weighted by Gasteiger charge is -2.48. The minimum Gasteiger partial charge on any atom is -0.379 e. The first-order chi connectivity index (χ1) is 9.77. The van der Waals surface area contributed by atoms with E-state index in [2.05, 4.69) is 10.2 Å². The molecule has 5 nitrogen and oxygen atoms in total. The van der Waals surface area contributed by atoms with Crippen molar-refractivity contribution in [1.82, 2.24) is 10.2 Å². The van der Waals surface area contributed by atoms with Crippen molar-refractivity contribution in [2.45, 2.75) is 50.5 Å². The summed E-state index contributed by atoms with van der Waals surface area (Å²) in [5, 5.41) is 3.15. The smallest absolute Gasteiger partial charge is 0.220 e. The third-order valence-electron chi connectivity index (χ3n) is 4.69. The van der Waals surface area contributed by atoms with E-state index >= 15 is 0 Å². The number of hydrogen-bond acceptors (Lipinski definition) is 4. The summed E-state index contributed by atoms with van der Waals surface area (Å²) >= 11 is 0. The Morgan fingerprint density at radius 2 is 1.90 bits per heavy atom. The van der Waals surface area contributed by atoms with Gasteiger partial charge < -0.3 is 15.8 Å². The molecular weight excluding hydrogens is 254 g/mol. The van der Waals surface area contributed by atoms with Gasteiger partial charge in [0.2, 0.25) is 5.91 Å². The number of amides is 1. The van der Waals surface area contributed by atoms with Crippen molar-refractivity contribution >= 4 is 5.91 Å². The van der Waals surface area contributed by atoms with E-state index < -0.39 is 0 Å². The van der Waals surface area contributed by atoms with E-state index in [1.165, 1.54) is 32.1 Å². The molecule has 3 N–H and O–H groups in total. The Balaban J connectivity index is 1.90. The van der Waals surface area contributed by atoms with Crippen LogP contribution >= 0.6 is 0 Å². The number of rotatable bonds is 6. The topological polar surface area (TPSA) is 67.6 Å². The number of ether oxygens (including phenoxy) is 1. The molecule has 1 heterocycles. The van der Waals surface area contributed by atoms with E-state index in [-0.39, 0.29) is 11.4 Å². The zero-order valence-corrected chi connectivity index (χ0v) is 12.5. The second-order valence-corrected chi connectivity index (χ2v) is 6.05. The first-order valence-corrected chi connectivity index (χ1v) is 8.06. The quantitative estimate of drug-likeness (QED) is 0.759. The van der Waals surface area contributed by atoms with E-state index in [0.717, 1.165) is 39.3 Å². The summed E-state index contributed by atoms with van der Waals surface area (Å²) in [4.78, 5) is 14.4. The Kier molecular flexibility index (Phi) is 6.26. The Morgan fingerprint density at radius 3 is 2.55 bits per heavy atom. The highest BCUT2D eigenvalue weighted by Gasteiger charge is 2.38. The average Bonchev–Trinajstić information content (AvgIpc) is 2.52. The van der Waals surface area contributed by atoms with Gasteiger partial charge in [-0.05, 0) is 25.8 Å². The van der Waals surface area contributed by atoms with Crippen LogP contribution in [0.3, 0.4) is 0 Å². The van der Waals surface area contributed by atoms with Crippen LogP contribution in [-0.2, 0) is 9.53 Å². The van der Waals surface area contributed by atoms with E-state index in [4.69, 9.17) is 10.5 Å². The number of nitrogens with one attached hydrogen (secondary N) is 1. The van der Waals surface area contributed by atoms with Crippen molar-refractivity contribution in [3.8, 4) is 0 Å². The number of carbonyl (C=O) groups is 1. The van der Waals surface area contributed by atoms with Gasteiger partial charge in [0.1, 0.15) is 0 Å². The SMILES string of the molecule is NCCCC(=O)NCC1(N2CCOCC2)CCCCC1. The van der Waals surface area contributed by atoms with E-state index in [1.807, 2.05) is 0 Å². The lowest BCUT2D eigenvalue weighted by Crippen LogP contribution is -2.59. The van der Waals surface area contributed by atoms with Crippen LogP contribution in [-0.4, -0.2) is 55.7 Å². The predicted molar refractivity (Wildman–Crippen MR) is 79.5 cm³/mol. The summed E-state index contributed by atoms with van der Waals surface area (Å²) in [6, 6.07) is 0. The molecule has 1 aliphatic heterocycles. The molecule has 2 fully saturated rings. The first-order valence-electron chi connectivity index (χ1n) is 8.06. The van der Waals surface area contributed by atoms with Crippen LogP contribution < -0.4 is 11.1 Å². The van der Waals surface area contributed by atoms with Gasteiger partial charge in [0.25, 0.3) is 0 Å². The molecule has 0 aromatic heterocycles. The third-order valence-corrected chi connectivity index (χ3v) is 4.69. The molecule has 1 saturated carbocycles. The lowest BCUT2D eigenvalue weighted by molar-refractivity contribution is -0.122. The van der Waals surface area contributed by atoms with Crippen LogP contribution in [0.25, 0.3) is 0 Å². The van der Waals surface area contributed by atoms with Gasteiger partial charge in [-0.15, -0.1) is 0 Å². The standard InChI is InChI=1S/C15H29N3O2/c16-8-4-5-14(19)17-13-15(6-2-1-3-7-15)18-9-11-20-12-10-18/h1-13,16H2,(H,17,19). The van der Waals surface area contributed by atoms with Gasteiger partial charge in [0.05, 0.1) is 13.2 Å². The normalized spacial score (nSPS) is 23.4.